The maximum absolute atomic E-state index is 12.4. The summed E-state index contributed by atoms with van der Waals surface area (Å²) in [5, 5.41) is 11.7. The first kappa shape index (κ1) is 16.9. The van der Waals surface area contributed by atoms with Crippen LogP contribution in [-0.2, 0) is 14.3 Å². The highest BCUT2D eigenvalue weighted by molar-refractivity contribution is 5.85. The Hall–Kier alpha value is -1.14. The summed E-state index contributed by atoms with van der Waals surface area (Å²) in [5.74, 6) is -0.728. The van der Waals surface area contributed by atoms with E-state index in [0.29, 0.717) is 13.1 Å². The van der Waals surface area contributed by atoms with Crippen LogP contribution in [0.5, 0.6) is 0 Å². The van der Waals surface area contributed by atoms with Crippen LogP contribution >= 0.6 is 0 Å². The van der Waals surface area contributed by atoms with E-state index in [1.807, 2.05) is 25.7 Å². The van der Waals surface area contributed by atoms with Crippen molar-refractivity contribution in [2.75, 3.05) is 26.2 Å². The minimum atomic E-state index is -0.843. The number of aliphatic carboxylic acids is 1. The normalized spacial score (nSPS) is 17.2. The Balaban J connectivity index is 2.34. The molecule has 0 spiro atoms. The van der Waals surface area contributed by atoms with E-state index in [2.05, 4.69) is 5.32 Å². The van der Waals surface area contributed by atoms with Gasteiger partial charge in [0.1, 0.15) is 0 Å². The summed E-state index contributed by atoms with van der Waals surface area (Å²) >= 11 is 0. The van der Waals surface area contributed by atoms with Gasteiger partial charge >= 0.3 is 5.97 Å². The molecule has 0 aliphatic carbocycles. The molecule has 1 amide bonds. The van der Waals surface area contributed by atoms with Crippen LogP contribution in [0.15, 0.2) is 0 Å². The Morgan fingerprint density at radius 1 is 1.35 bits per heavy atom. The van der Waals surface area contributed by atoms with Crippen molar-refractivity contribution in [1.29, 1.82) is 0 Å². The van der Waals surface area contributed by atoms with Gasteiger partial charge in [-0.05, 0) is 33.2 Å². The third-order valence-electron chi connectivity index (χ3n) is 3.55. The van der Waals surface area contributed by atoms with E-state index >= 15 is 0 Å². The fourth-order valence-corrected chi connectivity index (χ4v) is 2.45. The lowest BCUT2D eigenvalue weighted by Gasteiger charge is -2.37. The van der Waals surface area contributed by atoms with Gasteiger partial charge in [0, 0.05) is 13.1 Å². The average Bonchev–Trinajstić information content (AvgIpc) is 2.38. The van der Waals surface area contributed by atoms with Gasteiger partial charge in [0.25, 0.3) is 0 Å². The summed E-state index contributed by atoms with van der Waals surface area (Å²) in [6.07, 6.45) is 1.65. The number of likely N-dealkylation sites (tertiary alicyclic amines) is 1. The fraction of sp³-hybridized carbons (Fsp3) is 0.857. The molecule has 0 radical (unpaired) electrons. The molecule has 0 bridgehead atoms. The number of nitrogens with zero attached hydrogens (tertiary/aromatic N) is 1. The van der Waals surface area contributed by atoms with Gasteiger partial charge in [0.2, 0.25) is 5.91 Å². The number of amides is 1. The highest BCUT2D eigenvalue weighted by atomic mass is 16.5. The van der Waals surface area contributed by atoms with Crippen molar-refractivity contribution in [2.24, 2.45) is 0 Å². The maximum Gasteiger partial charge on any atom is 0.305 e. The molecule has 1 aliphatic rings. The Morgan fingerprint density at radius 2 is 1.95 bits per heavy atom. The van der Waals surface area contributed by atoms with E-state index in [1.165, 1.54) is 0 Å². The van der Waals surface area contributed by atoms with Gasteiger partial charge in [-0.2, -0.15) is 0 Å². The minimum Gasteiger partial charge on any atom is -0.481 e. The molecule has 0 aromatic heterocycles. The molecule has 1 rings (SSSR count). The zero-order valence-corrected chi connectivity index (χ0v) is 12.6. The van der Waals surface area contributed by atoms with Gasteiger partial charge < -0.3 is 20.1 Å². The zero-order valence-electron chi connectivity index (χ0n) is 12.6. The zero-order chi connectivity index (χ0) is 15.2. The smallest absolute Gasteiger partial charge is 0.305 e. The van der Waals surface area contributed by atoms with Crippen LogP contribution in [0.2, 0.25) is 0 Å². The standard InChI is InChI=1S/C14H26N2O4/c1-4-15-14(2,3)13(19)16-8-5-11(6-9-16)20-10-7-12(17)18/h11,15H,4-10H2,1-3H3,(H,17,18). The maximum atomic E-state index is 12.4. The van der Waals surface area contributed by atoms with Gasteiger partial charge in [-0.15, -0.1) is 0 Å². The van der Waals surface area contributed by atoms with Crippen LogP contribution in [0.1, 0.15) is 40.0 Å². The molecule has 0 saturated carbocycles. The minimum absolute atomic E-state index is 0.0343. The first-order valence-electron chi connectivity index (χ1n) is 7.24. The third kappa shape index (κ3) is 5.09. The van der Waals surface area contributed by atoms with Crippen LogP contribution in [0, 0.1) is 0 Å². The predicted molar refractivity (Wildman–Crippen MR) is 75.6 cm³/mol. The van der Waals surface area contributed by atoms with Crippen molar-refractivity contribution in [3.8, 4) is 0 Å². The quantitative estimate of drug-likeness (QED) is 0.725. The van der Waals surface area contributed by atoms with Gasteiger partial charge in [0.05, 0.1) is 24.7 Å². The van der Waals surface area contributed by atoms with E-state index in [-0.39, 0.29) is 25.0 Å². The summed E-state index contributed by atoms with van der Waals surface area (Å²) in [6, 6.07) is 0. The first-order chi connectivity index (χ1) is 9.36. The number of hydrogen-bond acceptors (Lipinski definition) is 4. The molecule has 0 atom stereocenters. The number of carbonyl (C=O) groups excluding carboxylic acids is 1. The summed E-state index contributed by atoms with van der Waals surface area (Å²) in [4.78, 5) is 24.6. The second-order valence-corrected chi connectivity index (χ2v) is 5.66. The average molecular weight is 286 g/mol. The second kappa shape index (κ2) is 7.59. The monoisotopic (exact) mass is 286 g/mol. The van der Waals surface area contributed by atoms with Crippen molar-refractivity contribution >= 4 is 11.9 Å². The molecule has 1 fully saturated rings. The highest BCUT2D eigenvalue weighted by Crippen LogP contribution is 2.17. The predicted octanol–water partition coefficient (Wildman–Crippen LogP) is 0.857. The SMILES string of the molecule is CCNC(C)(C)C(=O)N1CCC(OCCC(=O)O)CC1. The number of piperidine rings is 1. The van der Waals surface area contributed by atoms with E-state index in [1.54, 1.807) is 0 Å². The van der Waals surface area contributed by atoms with Crippen LogP contribution in [0.25, 0.3) is 0 Å². The van der Waals surface area contributed by atoms with Gasteiger partial charge in [-0.1, -0.05) is 6.92 Å². The van der Waals surface area contributed by atoms with E-state index in [9.17, 15) is 9.59 Å². The first-order valence-corrected chi connectivity index (χ1v) is 7.24. The second-order valence-electron chi connectivity index (χ2n) is 5.66. The molecule has 1 heterocycles. The lowest BCUT2D eigenvalue weighted by molar-refractivity contribution is -0.140. The summed E-state index contributed by atoms with van der Waals surface area (Å²) in [5.41, 5.74) is -0.536. The van der Waals surface area contributed by atoms with Crippen molar-refractivity contribution in [3.63, 3.8) is 0 Å². The molecule has 6 heteroatoms. The molecule has 0 unspecified atom stereocenters. The Bertz CT molecular complexity index is 336. The van der Waals surface area contributed by atoms with Crippen LogP contribution in [0.4, 0.5) is 0 Å². The van der Waals surface area contributed by atoms with Gasteiger partial charge in [-0.3, -0.25) is 9.59 Å². The molecule has 1 saturated heterocycles. The highest BCUT2D eigenvalue weighted by Gasteiger charge is 2.33. The molecule has 1 aliphatic heterocycles. The fourth-order valence-electron chi connectivity index (χ4n) is 2.45. The number of rotatable bonds is 7. The van der Waals surface area contributed by atoms with E-state index < -0.39 is 11.5 Å². The van der Waals surface area contributed by atoms with Crippen LogP contribution in [0.3, 0.4) is 0 Å². The van der Waals surface area contributed by atoms with Crippen molar-refractivity contribution in [1.82, 2.24) is 10.2 Å². The van der Waals surface area contributed by atoms with Gasteiger partial charge in [-0.25, -0.2) is 0 Å². The summed E-state index contributed by atoms with van der Waals surface area (Å²) in [7, 11) is 0. The van der Waals surface area contributed by atoms with E-state index in [4.69, 9.17) is 9.84 Å². The summed E-state index contributed by atoms with van der Waals surface area (Å²) < 4.78 is 5.52. The lowest BCUT2D eigenvalue weighted by Crippen LogP contribution is -2.56. The Morgan fingerprint density at radius 3 is 2.45 bits per heavy atom. The van der Waals surface area contributed by atoms with E-state index in [0.717, 1.165) is 19.4 Å². The Kier molecular flexibility index (Phi) is 6.42. The number of carboxylic acids is 1. The number of carbonyl (C=O) groups is 2. The third-order valence-corrected chi connectivity index (χ3v) is 3.55. The van der Waals surface area contributed by atoms with Gasteiger partial charge in [0.15, 0.2) is 0 Å². The molecule has 6 nitrogen and oxygen atoms in total. The molecular formula is C14H26N2O4. The van der Waals surface area contributed by atoms with Crippen LogP contribution in [-0.4, -0.2) is 59.8 Å². The molecule has 116 valence electrons. The number of nitrogens with one attached hydrogen (secondary N) is 1. The topological polar surface area (TPSA) is 78.9 Å². The van der Waals surface area contributed by atoms with Crippen molar-refractivity contribution in [2.45, 2.75) is 51.7 Å². The number of ether oxygens (including phenoxy) is 1. The largest absolute Gasteiger partial charge is 0.481 e. The molecule has 0 aromatic rings. The number of carboxylic acid groups (broad SMARTS) is 1. The number of likely N-dealkylation sites (N-methyl/N-ethyl adjacent to an activating group) is 1. The molecule has 20 heavy (non-hydrogen) atoms. The molecule has 2 N–H and O–H groups in total. The molecular weight excluding hydrogens is 260 g/mol. The number of hydrogen-bond donors (Lipinski definition) is 2. The molecule has 0 aromatic carbocycles. The van der Waals surface area contributed by atoms with Crippen molar-refractivity contribution in [3.05, 3.63) is 0 Å². The summed E-state index contributed by atoms with van der Waals surface area (Å²) in [6.45, 7) is 8.13. The lowest BCUT2D eigenvalue weighted by atomic mass is 10.00. The van der Waals surface area contributed by atoms with Crippen LogP contribution < -0.4 is 5.32 Å². The Labute approximate surface area is 120 Å². The van der Waals surface area contributed by atoms with Crippen molar-refractivity contribution < 1.29 is 19.4 Å².